The first-order valence-corrected chi connectivity index (χ1v) is 5.02. The van der Waals surface area contributed by atoms with Crippen molar-refractivity contribution in [3.8, 4) is 5.75 Å². The Morgan fingerprint density at radius 2 is 2.13 bits per heavy atom. The van der Waals surface area contributed by atoms with E-state index in [0.717, 1.165) is 12.0 Å². The van der Waals surface area contributed by atoms with Gasteiger partial charge in [-0.2, -0.15) is 0 Å². The molecule has 4 heteroatoms. The van der Waals surface area contributed by atoms with E-state index in [4.69, 9.17) is 10.2 Å². The van der Waals surface area contributed by atoms with Crippen LogP contribution in [0, 0.1) is 0 Å². The summed E-state index contributed by atoms with van der Waals surface area (Å²) in [6.07, 6.45) is 0.0582. The van der Waals surface area contributed by atoms with Gasteiger partial charge in [-0.05, 0) is 24.1 Å². The molecular weight excluding hydrogens is 194 g/mol. The van der Waals surface area contributed by atoms with Crippen LogP contribution in [0.3, 0.4) is 0 Å². The Balaban J connectivity index is 2.62. The quantitative estimate of drug-likeness (QED) is 0.541. The lowest BCUT2D eigenvalue weighted by Gasteiger charge is -2.12. The molecule has 1 aromatic rings. The molecule has 0 bridgehead atoms. The van der Waals surface area contributed by atoms with Crippen molar-refractivity contribution in [2.75, 3.05) is 18.5 Å². The van der Waals surface area contributed by atoms with Crippen LogP contribution in [0.1, 0.15) is 12.5 Å². The van der Waals surface area contributed by atoms with Gasteiger partial charge in [-0.15, -0.1) is 0 Å². The molecule has 1 atom stereocenters. The lowest BCUT2D eigenvalue weighted by atomic mass is 10.1. The number of rotatable bonds is 5. The lowest BCUT2D eigenvalue weighted by Crippen LogP contribution is -2.22. The fourth-order valence-electron chi connectivity index (χ4n) is 1.24. The highest BCUT2D eigenvalue weighted by Gasteiger charge is 2.04. The summed E-state index contributed by atoms with van der Waals surface area (Å²) in [4.78, 5) is 0. The first kappa shape index (κ1) is 11.8. The minimum Gasteiger partial charge on any atom is -0.506 e. The van der Waals surface area contributed by atoms with Gasteiger partial charge < -0.3 is 20.6 Å². The van der Waals surface area contributed by atoms with Crippen LogP contribution in [0.5, 0.6) is 5.75 Å². The van der Waals surface area contributed by atoms with E-state index in [-0.39, 0.29) is 18.9 Å². The van der Waals surface area contributed by atoms with Crippen molar-refractivity contribution in [2.45, 2.75) is 19.4 Å². The predicted octanol–water partition coefficient (Wildman–Crippen LogP) is 0.720. The monoisotopic (exact) mass is 211 g/mol. The topological polar surface area (TPSA) is 72.7 Å². The third kappa shape index (κ3) is 3.42. The maximum Gasteiger partial charge on any atom is 0.138 e. The van der Waals surface area contributed by atoms with E-state index >= 15 is 0 Å². The second-order valence-electron chi connectivity index (χ2n) is 3.42. The molecule has 0 fully saturated rings. The molecule has 15 heavy (non-hydrogen) atoms. The van der Waals surface area contributed by atoms with Crippen LogP contribution in [0.15, 0.2) is 18.2 Å². The Labute approximate surface area is 89.2 Å². The number of aliphatic hydroxyl groups excluding tert-OH is 2. The van der Waals surface area contributed by atoms with Crippen LogP contribution >= 0.6 is 0 Å². The standard InChI is InChI=1S/C11H17NO3/c1-2-8-3-4-10(11(15)5-8)12-6-9(14)7-13/h3-5,9,12-15H,2,6-7H2,1H3. The third-order valence-corrected chi connectivity index (χ3v) is 2.21. The number of aromatic hydroxyl groups is 1. The van der Waals surface area contributed by atoms with Crippen molar-refractivity contribution in [3.05, 3.63) is 23.8 Å². The molecule has 0 spiro atoms. The zero-order chi connectivity index (χ0) is 11.3. The molecule has 0 saturated heterocycles. The highest BCUT2D eigenvalue weighted by molar-refractivity contribution is 5.56. The first-order chi connectivity index (χ1) is 7.17. The normalized spacial score (nSPS) is 12.5. The van der Waals surface area contributed by atoms with Gasteiger partial charge in [-0.3, -0.25) is 0 Å². The fourth-order valence-corrected chi connectivity index (χ4v) is 1.24. The number of hydrogen-bond donors (Lipinski definition) is 4. The second-order valence-corrected chi connectivity index (χ2v) is 3.42. The van der Waals surface area contributed by atoms with Crippen molar-refractivity contribution >= 4 is 5.69 Å². The number of hydrogen-bond acceptors (Lipinski definition) is 4. The molecule has 4 N–H and O–H groups in total. The van der Waals surface area contributed by atoms with Crippen LogP contribution in [0.4, 0.5) is 5.69 Å². The van der Waals surface area contributed by atoms with Crippen LogP contribution in [-0.2, 0) is 6.42 Å². The molecule has 0 heterocycles. The van der Waals surface area contributed by atoms with Gasteiger partial charge in [0.05, 0.1) is 18.4 Å². The van der Waals surface area contributed by atoms with Gasteiger partial charge in [-0.25, -0.2) is 0 Å². The average Bonchev–Trinajstić information content (AvgIpc) is 2.26. The number of phenolic OH excluding ortho intramolecular Hbond substituents is 1. The molecule has 0 radical (unpaired) electrons. The summed E-state index contributed by atoms with van der Waals surface area (Å²) in [6, 6.07) is 5.36. The van der Waals surface area contributed by atoms with Gasteiger partial charge in [0.25, 0.3) is 0 Å². The molecule has 0 saturated carbocycles. The number of nitrogens with one attached hydrogen (secondary N) is 1. The summed E-state index contributed by atoms with van der Waals surface area (Å²) in [7, 11) is 0. The molecule has 1 aromatic carbocycles. The van der Waals surface area contributed by atoms with Gasteiger partial charge in [0.1, 0.15) is 5.75 Å². The van der Waals surface area contributed by atoms with Gasteiger partial charge in [0.2, 0.25) is 0 Å². The molecule has 4 nitrogen and oxygen atoms in total. The van der Waals surface area contributed by atoms with Gasteiger partial charge in [0, 0.05) is 6.54 Å². The Kier molecular flexibility index (Phi) is 4.39. The first-order valence-electron chi connectivity index (χ1n) is 5.02. The van der Waals surface area contributed by atoms with Crippen LogP contribution in [0.25, 0.3) is 0 Å². The number of aryl methyl sites for hydroxylation is 1. The van der Waals surface area contributed by atoms with E-state index < -0.39 is 6.10 Å². The predicted molar refractivity (Wildman–Crippen MR) is 59.1 cm³/mol. The van der Waals surface area contributed by atoms with E-state index in [1.54, 1.807) is 12.1 Å². The number of phenols is 1. The maximum atomic E-state index is 9.60. The smallest absolute Gasteiger partial charge is 0.138 e. The van der Waals surface area contributed by atoms with Crippen LogP contribution < -0.4 is 5.32 Å². The van der Waals surface area contributed by atoms with Crippen LogP contribution in [-0.4, -0.2) is 34.6 Å². The van der Waals surface area contributed by atoms with Crippen molar-refractivity contribution in [1.82, 2.24) is 0 Å². The summed E-state index contributed by atoms with van der Waals surface area (Å²) in [6.45, 7) is 1.94. The Morgan fingerprint density at radius 1 is 1.40 bits per heavy atom. The Morgan fingerprint density at radius 3 is 2.67 bits per heavy atom. The van der Waals surface area contributed by atoms with E-state index in [9.17, 15) is 5.11 Å². The van der Waals surface area contributed by atoms with Crippen molar-refractivity contribution in [3.63, 3.8) is 0 Å². The minimum absolute atomic E-state index is 0.166. The van der Waals surface area contributed by atoms with Gasteiger partial charge in [-0.1, -0.05) is 13.0 Å². The van der Waals surface area contributed by atoms with Gasteiger partial charge in [0.15, 0.2) is 0 Å². The minimum atomic E-state index is -0.810. The number of anilines is 1. The fraction of sp³-hybridized carbons (Fsp3) is 0.455. The average molecular weight is 211 g/mol. The zero-order valence-corrected chi connectivity index (χ0v) is 8.77. The lowest BCUT2D eigenvalue weighted by molar-refractivity contribution is 0.105. The van der Waals surface area contributed by atoms with E-state index in [1.165, 1.54) is 0 Å². The summed E-state index contributed by atoms with van der Waals surface area (Å²) in [5.41, 5.74) is 1.63. The summed E-state index contributed by atoms with van der Waals surface area (Å²) < 4.78 is 0. The van der Waals surface area contributed by atoms with Crippen LogP contribution in [0.2, 0.25) is 0 Å². The van der Waals surface area contributed by atoms with Gasteiger partial charge >= 0.3 is 0 Å². The SMILES string of the molecule is CCc1ccc(NCC(O)CO)c(O)c1. The van der Waals surface area contributed by atoms with Crippen molar-refractivity contribution in [2.24, 2.45) is 0 Å². The van der Waals surface area contributed by atoms with E-state index in [1.807, 2.05) is 13.0 Å². The number of benzene rings is 1. The maximum absolute atomic E-state index is 9.60. The Bertz CT molecular complexity index is 315. The summed E-state index contributed by atoms with van der Waals surface area (Å²) in [5.74, 6) is 0.166. The molecule has 0 aliphatic heterocycles. The van der Waals surface area contributed by atoms with E-state index in [0.29, 0.717) is 5.69 Å². The highest BCUT2D eigenvalue weighted by Crippen LogP contribution is 2.24. The second kappa shape index (κ2) is 5.58. The molecule has 0 aromatic heterocycles. The summed E-state index contributed by atoms with van der Waals surface area (Å²) in [5, 5.41) is 30.2. The zero-order valence-electron chi connectivity index (χ0n) is 8.77. The third-order valence-electron chi connectivity index (χ3n) is 2.21. The number of aliphatic hydroxyl groups is 2. The summed E-state index contributed by atoms with van der Waals surface area (Å²) >= 11 is 0. The molecule has 0 aliphatic carbocycles. The Hall–Kier alpha value is -1.26. The molecule has 0 amide bonds. The van der Waals surface area contributed by atoms with Crippen molar-refractivity contribution in [1.29, 1.82) is 0 Å². The molecule has 1 unspecified atom stereocenters. The molecule has 0 aliphatic rings. The molecule has 1 rings (SSSR count). The molecule has 84 valence electrons. The largest absolute Gasteiger partial charge is 0.506 e. The molecular formula is C11H17NO3. The van der Waals surface area contributed by atoms with E-state index in [2.05, 4.69) is 5.32 Å². The van der Waals surface area contributed by atoms with Crippen molar-refractivity contribution < 1.29 is 15.3 Å². The highest BCUT2D eigenvalue weighted by atomic mass is 16.3.